The van der Waals surface area contributed by atoms with Crippen molar-refractivity contribution >= 4 is 29.7 Å². The van der Waals surface area contributed by atoms with Crippen molar-refractivity contribution in [3.8, 4) is 5.75 Å². The summed E-state index contributed by atoms with van der Waals surface area (Å²) in [4.78, 5) is 61.5. The van der Waals surface area contributed by atoms with Crippen molar-refractivity contribution in [2.75, 3.05) is 0 Å². The lowest BCUT2D eigenvalue weighted by Crippen LogP contribution is -2.59. The van der Waals surface area contributed by atoms with E-state index in [2.05, 4.69) is 16.0 Å². The number of hydrogen-bond donors (Lipinski definition) is 7. The second-order valence-corrected chi connectivity index (χ2v) is 9.46. The average Bonchev–Trinajstić information content (AvgIpc) is 2.87. The SMILES string of the molecule is CC(C)C(NC(=O)C(Cc1ccc(O)cc1)NC(=O)C(N)Cc1ccccc1)C(=O)NC(CC(=O)O)C(=O)O. The Morgan fingerprint density at radius 2 is 1.31 bits per heavy atom. The Hall–Kier alpha value is -4.45. The molecule has 210 valence electrons. The van der Waals surface area contributed by atoms with E-state index in [1.54, 1.807) is 26.0 Å². The summed E-state index contributed by atoms with van der Waals surface area (Å²) in [5, 5.41) is 35.1. The van der Waals surface area contributed by atoms with E-state index in [1.807, 2.05) is 30.3 Å². The molecule has 0 aliphatic carbocycles. The van der Waals surface area contributed by atoms with Gasteiger partial charge in [0, 0.05) is 6.42 Å². The van der Waals surface area contributed by atoms with Gasteiger partial charge in [0.15, 0.2) is 0 Å². The van der Waals surface area contributed by atoms with E-state index in [4.69, 9.17) is 10.8 Å². The lowest BCUT2D eigenvalue weighted by Gasteiger charge is -2.27. The Bertz CT molecular complexity index is 1150. The average molecular weight is 543 g/mol. The first-order valence-corrected chi connectivity index (χ1v) is 12.3. The minimum absolute atomic E-state index is 0.000883. The van der Waals surface area contributed by atoms with Gasteiger partial charge in [-0.25, -0.2) is 4.79 Å². The number of nitrogens with two attached hydrogens (primary N) is 1. The molecule has 0 radical (unpaired) electrons. The maximum Gasteiger partial charge on any atom is 0.326 e. The fourth-order valence-electron chi connectivity index (χ4n) is 3.74. The molecule has 2 aromatic rings. The molecule has 0 saturated heterocycles. The summed E-state index contributed by atoms with van der Waals surface area (Å²) in [5.41, 5.74) is 7.51. The molecule has 39 heavy (non-hydrogen) atoms. The number of hydrogen-bond acceptors (Lipinski definition) is 7. The van der Waals surface area contributed by atoms with Crippen LogP contribution in [0.25, 0.3) is 0 Å². The third-order valence-electron chi connectivity index (χ3n) is 5.88. The number of nitrogens with one attached hydrogen (secondary N) is 3. The molecular formula is C27H34N4O8. The quantitative estimate of drug-likeness (QED) is 0.173. The first-order chi connectivity index (χ1) is 18.4. The predicted octanol–water partition coefficient (Wildman–Crippen LogP) is 0.174. The topological polar surface area (TPSA) is 208 Å². The summed E-state index contributed by atoms with van der Waals surface area (Å²) in [7, 11) is 0. The summed E-state index contributed by atoms with van der Waals surface area (Å²) in [6, 6.07) is 9.99. The first-order valence-electron chi connectivity index (χ1n) is 12.3. The lowest BCUT2D eigenvalue weighted by molar-refractivity contribution is -0.147. The number of amides is 3. The molecule has 12 nitrogen and oxygen atoms in total. The molecule has 0 saturated carbocycles. The summed E-state index contributed by atoms with van der Waals surface area (Å²) in [6.45, 7) is 3.22. The van der Waals surface area contributed by atoms with Crippen molar-refractivity contribution in [2.24, 2.45) is 11.7 Å². The number of carboxylic acids is 2. The van der Waals surface area contributed by atoms with Crippen molar-refractivity contribution in [1.29, 1.82) is 0 Å². The molecule has 0 spiro atoms. The molecule has 0 aromatic heterocycles. The van der Waals surface area contributed by atoms with Gasteiger partial charge in [0.05, 0.1) is 12.5 Å². The zero-order valence-corrected chi connectivity index (χ0v) is 21.7. The third-order valence-corrected chi connectivity index (χ3v) is 5.88. The second kappa shape index (κ2) is 14.5. The fourth-order valence-corrected chi connectivity index (χ4v) is 3.74. The van der Waals surface area contributed by atoms with Crippen molar-refractivity contribution in [2.45, 2.75) is 57.3 Å². The van der Waals surface area contributed by atoms with Crippen LogP contribution in [-0.4, -0.2) is 69.1 Å². The normalized spacial score (nSPS) is 13.9. The van der Waals surface area contributed by atoms with Gasteiger partial charge in [0.1, 0.15) is 23.9 Å². The van der Waals surface area contributed by atoms with Gasteiger partial charge in [-0.05, 0) is 35.6 Å². The third kappa shape index (κ3) is 10.1. The van der Waals surface area contributed by atoms with Crippen LogP contribution in [-0.2, 0) is 36.8 Å². The molecule has 0 fully saturated rings. The Labute approximate surface area is 225 Å². The molecule has 8 N–H and O–H groups in total. The van der Waals surface area contributed by atoms with Crippen LogP contribution in [0.3, 0.4) is 0 Å². The van der Waals surface area contributed by atoms with Crippen molar-refractivity contribution in [1.82, 2.24) is 16.0 Å². The van der Waals surface area contributed by atoms with Crippen LogP contribution in [0.5, 0.6) is 5.75 Å². The molecule has 4 unspecified atom stereocenters. The number of phenols is 1. The van der Waals surface area contributed by atoms with Crippen LogP contribution in [0.4, 0.5) is 0 Å². The minimum atomic E-state index is -1.70. The molecule has 0 aliphatic rings. The highest BCUT2D eigenvalue weighted by atomic mass is 16.4. The van der Waals surface area contributed by atoms with Crippen LogP contribution in [0.15, 0.2) is 54.6 Å². The Morgan fingerprint density at radius 3 is 1.85 bits per heavy atom. The van der Waals surface area contributed by atoms with Gasteiger partial charge in [-0.1, -0.05) is 56.3 Å². The number of benzene rings is 2. The first kappa shape index (κ1) is 30.8. The molecule has 2 aromatic carbocycles. The number of phenolic OH excluding ortho intramolecular Hbond substituents is 1. The lowest BCUT2D eigenvalue weighted by atomic mass is 9.99. The van der Waals surface area contributed by atoms with Crippen LogP contribution in [0.2, 0.25) is 0 Å². The zero-order chi connectivity index (χ0) is 29.1. The molecule has 4 atom stereocenters. The van der Waals surface area contributed by atoms with Crippen LogP contribution >= 0.6 is 0 Å². The van der Waals surface area contributed by atoms with Gasteiger partial charge in [-0.15, -0.1) is 0 Å². The zero-order valence-electron chi connectivity index (χ0n) is 21.7. The van der Waals surface area contributed by atoms with Crippen LogP contribution in [0, 0.1) is 5.92 Å². The highest BCUT2D eigenvalue weighted by molar-refractivity contribution is 5.95. The second-order valence-electron chi connectivity index (χ2n) is 9.46. The monoisotopic (exact) mass is 542 g/mol. The maximum absolute atomic E-state index is 13.3. The summed E-state index contributed by atoms with van der Waals surface area (Å²) >= 11 is 0. The number of aliphatic carboxylic acids is 2. The van der Waals surface area contributed by atoms with E-state index in [0.29, 0.717) is 5.56 Å². The van der Waals surface area contributed by atoms with Crippen molar-refractivity contribution in [3.05, 3.63) is 65.7 Å². The summed E-state index contributed by atoms with van der Waals surface area (Å²) in [5.74, 6) is -5.68. The molecule has 0 bridgehead atoms. The van der Waals surface area contributed by atoms with Gasteiger partial charge in [-0.2, -0.15) is 0 Å². The Morgan fingerprint density at radius 1 is 0.744 bits per heavy atom. The summed E-state index contributed by atoms with van der Waals surface area (Å²) < 4.78 is 0. The Balaban J connectivity index is 2.22. The van der Waals surface area contributed by atoms with Gasteiger partial charge in [0.25, 0.3) is 0 Å². The van der Waals surface area contributed by atoms with Gasteiger partial charge < -0.3 is 37.0 Å². The van der Waals surface area contributed by atoms with Crippen molar-refractivity contribution in [3.63, 3.8) is 0 Å². The highest BCUT2D eigenvalue weighted by Crippen LogP contribution is 2.13. The predicted molar refractivity (Wildman–Crippen MR) is 140 cm³/mol. The number of carbonyl (C=O) groups is 5. The highest BCUT2D eigenvalue weighted by Gasteiger charge is 2.32. The number of rotatable bonds is 14. The molecule has 2 rings (SSSR count). The smallest absolute Gasteiger partial charge is 0.326 e. The Kier molecular flexibility index (Phi) is 11.4. The van der Waals surface area contributed by atoms with E-state index >= 15 is 0 Å². The minimum Gasteiger partial charge on any atom is -0.508 e. The van der Waals surface area contributed by atoms with Gasteiger partial charge in [0.2, 0.25) is 17.7 Å². The number of carbonyl (C=O) groups excluding carboxylic acids is 3. The van der Waals surface area contributed by atoms with Crippen LogP contribution < -0.4 is 21.7 Å². The largest absolute Gasteiger partial charge is 0.508 e. The molecule has 0 aliphatic heterocycles. The molecule has 0 heterocycles. The summed E-state index contributed by atoms with van der Waals surface area (Å²) in [6.07, 6.45) is -0.630. The molecule has 12 heteroatoms. The molecular weight excluding hydrogens is 508 g/mol. The molecule has 3 amide bonds. The van der Waals surface area contributed by atoms with Gasteiger partial charge >= 0.3 is 11.9 Å². The van der Waals surface area contributed by atoms with E-state index < -0.39 is 66.2 Å². The number of aromatic hydroxyl groups is 1. The van der Waals surface area contributed by atoms with E-state index in [9.17, 15) is 34.2 Å². The number of carboxylic acid groups (broad SMARTS) is 2. The van der Waals surface area contributed by atoms with E-state index in [1.165, 1.54) is 12.1 Å². The standard InChI is InChI=1S/C27H34N4O8/c1-15(2)23(26(37)30-21(27(38)39)14-22(33)34)31-25(36)20(13-17-8-10-18(32)11-9-17)29-24(35)19(28)12-16-6-4-3-5-7-16/h3-11,15,19-21,23,32H,12-14,28H2,1-2H3,(H,29,35)(H,30,37)(H,31,36)(H,33,34)(H,38,39). The van der Waals surface area contributed by atoms with Crippen LogP contribution in [0.1, 0.15) is 31.4 Å². The fraction of sp³-hybridized carbons (Fsp3) is 0.370. The van der Waals surface area contributed by atoms with Gasteiger partial charge in [-0.3, -0.25) is 19.2 Å². The van der Waals surface area contributed by atoms with E-state index in [-0.39, 0.29) is 18.6 Å². The van der Waals surface area contributed by atoms with Crippen molar-refractivity contribution < 1.29 is 39.3 Å². The maximum atomic E-state index is 13.3. The van der Waals surface area contributed by atoms with E-state index in [0.717, 1.165) is 5.56 Å².